The van der Waals surface area contributed by atoms with Crippen molar-refractivity contribution in [3.05, 3.63) is 47.0 Å². The minimum atomic E-state index is -1.01. The Hall–Kier alpha value is -2.72. The van der Waals surface area contributed by atoms with Gasteiger partial charge in [0.05, 0.1) is 12.7 Å². The molecule has 0 aromatic heterocycles. The number of esters is 1. The molecule has 0 saturated carbocycles. The number of carbonyl (C=O) groups excluding carboxylic acids is 2. The van der Waals surface area contributed by atoms with E-state index in [9.17, 15) is 9.59 Å². The van der Waals surface area contributed by atoms with E-state index in [1.165, 1.54) is 6.07 Å². The van der Waals surface area contributed by atoms with Crippen LogP contribution in [0.2, 0.25) is 0 Å². The Kier molecular flexibility index (Phi) is 6.04. The fraction of sp³-hybridized carbons (Fsp3) is 0.267. The number of aryl methyl sites for hydroxylation is 1. The number of ether oxygens (including phenoxy) is 2. The smallest absolute Gasteiger partial charge is 0.446 e. The van der Waals surface area contributed by atoms with Gasteiger partial charge in [-0.1, -0.05) is 24.3 Å². The number of hydrogen-bond donors (Lipinski definition) is 0. The lowest BCUT2D eigenvalue weighted by Gasteiger charge is -2.10. The monoisotopic (exact) mass is 288 g/mol. The molecule has 21 heavy (non-hydrogen) atoms. The zero-order chi connectivity index (χ0) is 15.8. The Morgan fingerprint density at radius 3 is 2.67 bits per heavy atom. The molecule has 1 rings (SSSR count). The van der Waals surface area contributed by atoms with Crippen LogP contribution >= 0.6 is 0 Å². The van der Waals surface area contributed by atoms with Crippen molar-refractivity contribution in [3.8, 4) is 5.75 Å². The zero-order valence-electron chi connectivity index (χ0n) is 12.1. The third-order valence-corrected chi connectivity index (χ3v) is 2.71. The minimum Gasteiger partial charge on any atom is -0.488 e. The average molecular weight is 288 g/mol. The van der Waals surface area contributed by atoms with E-state index in [-0.39, 0.29) is 12.2 Å². The summed E-state index contributed by atoms with van der Waals surface area (Å²) in [6.07, 6.45) is 3.59. The predicted octanol–water partition coefficient (Wildman–Crippen LogP) is 1.98. The third kappa shape index (κ3) is 3.87. The maximum Gasteiger partial charge on any atom is 0.446 e. The topological polar surface area (TPSA) is 89.0 Å². The number of carbonyl (C=O) groups is 2. The van der Waals surface area contributed by atoms with Gasteiger partial charge in [-0.15, -0.1) is 0 Å². The molecular formula is C15H16N2O4. The van der Waals surface area contributed by atoms with Crippen molar-refractivity contribution in [2.24, 2.45) is 0 Å². The van der Waals surface area contributed by atoms with E-state index in [1.54, 1.807) is 25.1 Å². The van der Waals surface area contributed by atoms with Crippen molar-refractivity contribution in [2.75, 3.05) is 13.7 Å². The number of benzene rings is 1. The van der Waals surface area contributed by atoms with Gasteiger partial charge in [0.15, 0.2) is 0 Å². The quantitative estimate of drug-likeness (QED) is 0.152. The van der Waals surface area contributed by atoms with Crippen LogP contribution < -0.4 is 4.74 Å². The lowest BCUT2D eigenvalue weighted by Crippen LogP contribution is -2.27. The fourth-order valence-corrected chi connectivity index (χ4v) is 1.65. The van der Waals surface area contributed by atoms with Gasteiger partial charge in [0, 0.05) is 0 Å². The molecule has 0 aliphatic carbocycles. The standard InChI is InChI=1S/C15H16N2O4/c1-4-5-9-21-14-10(2)7-6-8-11(14)13(18)12(17-16)15(19)20-3/h4-8H,9H2,1-3H3/b5-4+. The van der Waals surface area contributed by atoms with Gasteiger partial charge in [0.2, 0.25) is 0 Å². The van der Waals surface area contributed by atoms with Crippen LogP contribution in [0.15, 0.2) is 30.4 Å². The van der Waals surface area contributed by atoms with E-state index >= 15 is 0 Å². The molecule has 1 aromatic carbocycles. The van der Waals surface area contributed by atoms with Crippen molar-refractivity contribution in [3.63, 3.8) is 0 Å². The number of nitrogens with zero attached hydrogens (tertiary/aromatic N) is 2. The summed E-state index contributed by atoms with van der Waals surface area (Å²) in [5.41, 5.74) is 9.02. The van der Waals surface area contributed by atoms with Gasteiger partial charge in [-0.05, 0) is 25.5 Å². The first-order valence-corrected chi connectivity index (χ1v) is 6.25. The van der Waals surface area contributed by atoms with Gasteiger partial charge >= 0.3 is 11.7 Å². The Morgan fingerprint density at radius 2 is 2.10 bits per heavy atom. The van der Waals surface area contributed by atoms with Crippen LogP contribution in [0.25, 0.3) is 5.53 Å². The first kappa shape index (κ1) is 16.3. The SMILES string of the molecule is C/C=C/COc1c(C)cccc1C(=O)C(=[N+]=[N-])C(=O)OC. The van der Waals surface area contributed by atoms with Crippen LogP contribution in [0.3, 0.4) is 0 Å². The van der Waals surface area contributed by atoms with Crippen LogP contribution in [0, 0.1) is 6.92 Å². The Bertz CT molecular complexity index is 629. The summed E-state index contributed by atoms with van der Waals surface area (Å²) in [5, 5.41) is 0. The molecule has 0 aliphatic rings. The molecule has 0 saturated heterocycles. The van der Waals surface area contributed by atoms with Crippen LogP contribution in [0.4, 0.5) is 0 Å². The van der Waals surface area contributed by atoms with Gasteiger partial charge < -0.3 is 15.0 Å². The highest BCUT2D eigenvalue weighted by atomic mass is 16.5. The van der Waals surface area contributed by atoms with Crippen LogP contribution in [0.1, 0.15) is 22.8 Å². The summed E-state index contributed by atoms with van der Waals surface area (Å²) in [6.45, 7) is 3.90. The van der Waals surface area contributed by atoms with Crippen LogP contribution in [0.5, 0.6) is 5.75 Å². The van der Waals surface area contributed by atoms with Crippen molar-refractivity contribution in [1.29, 1.82) is 0 Å². The lowest BCUT2D eigenvalue weighted by atomic mass is 10.0. The summed E-state index contributed by atoms with van der Waals surface area (Å²) in [5.74, 6) is -1.43. The molecule has 0 aliphatic heterocycles. The minimum absolute atomic E-state index is 0.137. The zero-order valence-corrected chi connectivity index (χ0v) is 12.1. The van der Waals surface area contributed by atoms with E-state index in [2.05, 4.69) is 9.53 Å². The maximum absolute atomic E-state index is 12.3. The number of allylic oxidation sites excluding steroid dienone is 1. The van der Waals surface area contributed by atoms with Gasteiger partial charge in [-0.25, -0.2) is 4.79 Å². The molecule has 0 bridgehead atoms. The number of para-hydroxylation sites is 1. The molecule has 0 radical (unpaired) electrons. The molecule has 0 spiro atoms. The normalized spacial score (nSPS) is 10.0. The predicted molar refractivity (Wildman–Crippen MR) is 76.5 cm³/mol. The molecule has 0 atom stereocenters. The number of ketones is 1. The van der Waals surface area contributed by atoms with E-state index in [1.807, 2.05) is 13.0 Å². The summed E-state index contributed by atoms with van der Waals surface area (Å²) >= 11 is 0. The van der Waals surface area contributed by atoms with E-state index < -0.39 is 17.5 Å². The summed E-state index contributed by atoms with van der Waals surface area (Å²) in [6, 6.07) is 4.92. The van der Waals surface area contributed by atoms with Crippen molar-refractivity contribution >= 4 is 17.5 Å². The number of hydrogen-bond acceptors (Lipinski definition) is 4. The highest BCUT2D eigenvalue weighted by Gasteiger charge is 2.33. The molecule has 1 aromatic rings. The fourth-order valence-electron chi connectivity index (χ4n) is 1.65. The lowest BCUT2D eigenvalue weighted by molar-refractivity contribution is -0.137. The van der Waals surface area contributed by atoms with E-state index in [0.29, 0.717) is 5.75 Å². The van der Waals surface area contributed by atoms with Gasteiger partial charge in [-0.2, -0.15) is 4.79 Å². The summed E-state index contributed by atoms with van der Waals surface area (Å²) in [4.78, 5) is 26.4. The van der Waals surface area contributed by atoms with E-state index in [4.69, 9.17) is 10.3 Å². The Balaban J connectivity index is 3.23. The molecule has 0 amide bonds. The van der Waals surface area contributed by atoms with Crippen molar-refractivity contribution in [2.45, 2.75) is 13.8 Å². The summed E-state index contributed by atoms with van der Waals surface area (Å²) < 4.78 is 9.95. The first-order valence-electron chi connectivity index (χ1n) is 6.25. The van der Waals surface area contributed by atoms with Gasteiger partial charge in [0.1, 0.15) is 12.4 Å². The second kappa shape index (κ2) is 7.77. The molecule has 6 heteroatoms. The third-order valence-electron chi connectivity index (χ3n) is 2.71. The van der Waals surface area contributed by atoms with Crippen LogP contribution in [-0.4, -0.2) is 36.0 Å². The first-order chi connectivity index (χ1) is 10.1. The highest BCUT2D eigenvalue weighted by Crippen LogP contribution is 2.24. The number of Topliss-reactive ketones (excluding diaryl/α,β-unsaturated/α-hetero) is 1. The Morgan fingerprint density at radius 1 is 1.38 bits per heavy atom. The van der Waals surface area contributed by atoms with Gasteiger partial charge in [0.25, 0.3) is 5.78 Å². The molecule has 0 unspecified atom stereocenters. The molecule has 110 valence electrons. The second-order valence-corrected chi connectivity index (χ2v) is 4.10. The summed E-state index contributed by atoms with van der Waals surface area (Å²) in [7, 11) is 1.10. The number of rotatable bonds is 6. The molecule has 0 heterocycles. The van der Waals surface area contributed by atoms with Crippen LogP contribution in [-0.2, 0) is 9.53 Å². The van der Waals surface area contributed by atoms with E-state index in [0.717, 1.165) is 12.7 Å². The molecule has 6 nitrogen and oxygen atoms in total. The second-order valence-electron chi connectivity index (χ2n) is 4.10. The molecule has 0 fully saturated rings. The van der Waals surface area contributed by atoms with Crippen molar-refractivity contribution < 1.29 is 23.9 Å². The Labute approximate surface area is 122 Å². The highest BCUT2D eigenvalue weighted by molar-refractivity contribution is 6.65. The molecular weight excluding hydrogens is 272 g/mol. The van der Waals surface area contributed by atoms with Gasteiger partial charge in [-0.3, -0.25) is 4.79 Å². The molecule has 0 N–H and O–H groups in total. The number of methoxy groups -OCH3 is 1. The van der Waals surface area contributed by atoms with Crippen molar-refractivity contribution in [1.82, 2.24) is 0 Å². The largest absolute Gasteiger partial charge is 0.488 e. The maximum atomic E-state index is 12.3. The average Bonchev–Trinajstić information content (AvgIpc) is 2.49.